The summed E-state index contributed by atoms with van der Waals surface area (Å²) in [5.41, 5.74) is 0. The van der Waals surface area contributed by atoms with E-state index in [9.17, 15) is 0 Å². The monoisotopic (exact) mass is 200 g/mol. The van der Waals surface area contributed by atoms with E-state index in [0.717, 1.165) is 0 Å². The van der Waals surface area contributed by atoms with Gasteiger partial charge in [0.05, 0.1) is 0 Å². The second-order valence-corrected chi connectivity index (χ2v) is 3.17. The Morgan fingerprint density at radius 2 is 1.62 bits per heavy atom. The third-order valence-electron chi connectivity index (χ3n) is 2.05. The highest BCUT2D eigenvalue weighted by atomic mass is 35.5. The highest BCUT2D eigenvalue weighted by Crippen LogP contribution is 1.97. The van der Waals surface area contributed by atoms with E-state index in [1.807, 2.05) is 0 Å². The van der Waals surface area contributed by atoms with E-state index in [4.69, 9.17) is 0 Å². The van der Waals surface area contributed by atoms with Gasteiger partial charge in [-0.15, -0.1) is 12.4 Å². The Labute approximate surface area is 87.2 Å². The Morgan fingerprint density at radius 3 is 2.23 bits per heavy atom. The average Bonchev–Trinajstić information content (AvgIpc) is 2.14. The predicted octanol–water partition coefficient (Wildman–Crippen LogP) is 2.98. The summed E-state index contributed by atoms with van der Waals surface area (Å²) in [5.74, 6) is 0. The maximum atomic E-state index is 2.25. The molecule has 74 valence electrons. The summed E-state index contributed by atoms with van der Waals surface area (Å²) in [6.45, 7) is 3.41. The van der Waals surface area contributed by atoms with Gasteiger partial charge in [0.2, 0.25) is 0 Å². The number of nitrogens with zero attached hydrogens (tertiary/aromatic N) is 1. The van der Waals surface area contributed by atoms with Crippen LogP contribution in [-0.4, -0.2) is 0 Å². The molecule has 0 saturated heterocycles. The van der Waals surface area contributed by atoms with Crippen LogP contribution in [0.1, 0.15) is 32.6 Å². The second-order valence-electron chi connectivity index (χ2n) is 3.17. The first-order chi connectivity index (χ1) is 5.93. The molecule has 0 unspecified atom stereocenters. The molecule has 0 fully saturated rings. The minimum Gasteiger partial charge on any atom is -0.205 e. The minimum absolute atomic E-state index is 0. The van der Waals surface area contributed by atoms with Gasteiger partial charge in [-0.1, -0.05) is 25.8 Å². The molecule has 0 N–H and O–H groups in total. The summed E-state index contributed by atoms with van der Waals surface area (Å²) in [4.78, 5) is 0. The van der Waals surface area contributed by atoms with Crippen LogP contribution >= 0.6 is 12.4 Å². The van der Waals surface area contributed by atoms with Crippen LogP contribution in [0.25, 0.3) is 0 Å². The van der Waals surface area contributed by atoms with E-state index < -0.39 is 0 Å². The molecule has 0 atom stereocenters. The molecule has 0 spiro atoms. The Kier molecular flexibility index (Phi) is 7.71. The van der Waals surface area contributed by atoms with Gasteiger partial charge in [-0.25, -0.2) is 4.57 Å². The van der Waals surface area contributed by atoms with Crippen LogP contribution in [0, 0.1) is 0 Å². The van der Waals surface area contributed by atoms with Crippen molar-refractivity contribution in [3.05, 3.63) is 30.6 Å². The Balaban J connectivity index is 0.00000144. The number of halogens is 1. The number of aromatic nitrogens is 1. The number of pyridine rings is 1. The standard InChI is InChI=1S/C11H18N.ClH/c1-2-3-4-6-9-12-10-7-5-8-11-12;/h5,7-8,10-11H,2-4,6,9H2,1H3;1H/q+1;. The van der Waals surface area contributed by atoms with Crippen molar-refractivity contribution in [3.63, 3.8) is 0 Å². The van der Waals surface area contributed by atoms with Crippen LogP contribution in [0.5, 0.6) is 0 Å². The molecule has 0 amide bonds. The number of hydrogen-bond acceptors (Lipinski definition) is 0. The molecule has 0 bridgehead atoms. The van der Waals surface area contributed by atoms with Crippen LogP contribution in [-0.2, 0) is 6.54 Å². The van der Waals surface area contributed by atoms with Gasteiger partial charge in [-0.2, -0.15) is 0 Å². The molecule has 0 aliphatic carbocycles. The lowest BCUT2D eigenvalue weighted by molar-refractivity contribution is -0.697. The van der Waals surface area contributed by atoms with Crippen molar-refractivity contribution in [1.82, 2.24) is 0 Å². The average molecular weight is 201 g/mol. The molecule has 2 heteroatoms. The quantitative estimate of drug-likeness (QED) is 0.508. The van der Waals surface area contributed by atoms with Crippen molar-refractivity contribution in [3.8, 4) is 0 Å². The van der Waals surface area contributed by atoms with E-state index in [2.05, 4.69) is 42.1 Å². The minimum atomic E-state index is 0. The molecule has 1 rings (SSSR count). The van der Waals surface area contributed by atoms with Gasteiger partial charge in [-0.3, -0.25) is 0 Å². The zero-order valence-corrected chi connectivity index (χ0v) is 9.09. The van der Waals surface area contributed by atoms with Gasteiger partial charge in [0, 0.05) is 18.6 Å². The molecule has 1 nitrogen and oxygen atoms in total. The third kappa shape index (κ3) is 5.64. The summed E-state index contributed by atoms with van der Waals surface area (Å²) in [7, 11) is 0. The first-order valence-electron chi connectivity index (χ1n) is 4.87. The molecule has 0 aromatic carbocycles. The molecule has 0 aliphatic rings. The predicted molar refractivity (Wildman–Crippen MR) is 58.0 cm³/mol. The number of hydrogen-bond donors (Lipinski definition) is 0. The summed E-state index contributed by atoms with van der Waals surface area (Å²) < 4.78 is 2.25. The van der Waals surface area contributed by atoms with E-state index in [1.165, 1.54) is 32.2 Å². The summed E-state index contributed by atoms with van der Waals surface area (Å²) >= 11 is 0. The van der Waals surface area contributed by atoms with Crippen molar-refractivity contribution in [2.75, 3.05) is 0 Å². The molecule has 1 aromatic heterocycles. The molecule has 13 heavy (non-hydrogen) atoms. The largest absolute Gasteiger partial charge is 0.205 e. The van der Waals surface area contributed by atoms with Crippen LogP contribution in [0.4, 0.5) is 0 Å². The molecular weight excluding hydrogens is 182 g/mol. The zero-order valence-electron chi connectivity index (χ0n) is 8.28. The van der Waals surface area contributed by atoms with E-state index in [0.29, 0.717) is 0 Å². The highest BCUT2D eigenvalue weighted by molar-refractivity contribution is 5.85. The van der Waals surface area contributed by atoms with Gasteiger partial charge in [0.15, 0.2) is 12.4 Å². The molecule has 0 aliphatic heterocycles. The fourth-order valence-electron chi connectivity index (χ4n) is 1.30. The lowest BCUT2D eigenvalue weighted by Gasteiger charge is -1.95. The van der Waals surface area contributed by atoms with E-state index >= 15 is 0 Å². The van der Waals surface area contributed by atoms with Crippen molar-refractivity contribution in [2.45, 2.75) is 39.2 Å². The lowest BCUT2D eigenvalue weighted by Crippen LogP contribution is -2.32. The van der Waals surface area contributed by atoms with Crippen molar-refractivity contribution in [2.24, 2.45) is 0 Å². The van der Waals surface area contributed by atoms with Gasteiger partial charge < -0.3 is 0 Å². The van der Waals surface area contributed by atoms with Gasteiger partial charge >= 0.3 is 0 Å². The number of rotatable bonds is 5. The molecule has 0 saturated carbocycles. The fourth-order valence-corrected chi connectivity index (χ4v) is 1.30. The first kappa shape index (κ1) is 12.4. The van der Waals surface area contributed by atoms with Crippen LogP contribution in [0.15, 0.2) is 30.6 Å². The molecular formula is C11H19ClN+. The highest BCUT2D eigenvalue weighted by Gasteiger charge is 1.95. The Hall–Kier alpha value is -0.560. The topological polar surface area (TPSA) is 3.88 Å². The molecule has 1 heterocycles. The van der Waals surface area contributed by atoms with Crippen LogP contribution < -0.4 is 4.57 Å². The molecule has 1 aromatic rings. The SMILES string of the molecule is CCCCCC[n+]1ccccc1.Cl. The van der Waals surface area contributed by atoms with Gasteiger partial charge in [0.1, 0.15) is 6.54 Å². The summed E-state index contributed by atoms with van der Waals surface area (Å²) in [6, 6.07) is 6.22. The van der Waals surface area contributed by atoms with Gasteiger partial charge in [-0.05, 0) is 6.42 Å². The third-order valence-corrected chi connectivity index (χ3v) is 2.05. The summed E-state index contributed by atoms with van der Waals surface area (Å²) in [5, 5.41) is 0. The van der Waals surface area contributed by atoms with Crippen LogP contribution in [0.2, 0.25) is 0 Å². The van der Waals surface area contributed by atoms with Crippen molar-refractivity contribution >= 4 is 12.4 Å². The normalized spacial score (nSPS) is 9.31. The number of unbranched alkanes of at least 4 members (excludes halogenated alkanes) is 3. The van der Waals surface area contributed by atoms with E-state index in [-0.39, 0.29) is 12.4 Å². The van der Waals surface area contributed by atoms with Gasteiger partial charge in [0.25, 0.3) is 0 Å². The van der Waals surface area contributed by atoms with E-state index in [1.54, 1.807) is 0 Å². The maximum absolute atomic E-state index is 2.25. The smallest absolute Gasteiger partial charge is 0.168 e. The van der Waals surface area contributed by atoms with Crippen LogP contribution in [0.3, 0.4) is 0 Å². The molecule has 0 radical (unpaired) electrons. The maximum Gasteiger partial charge on any atom is 0.168 e. The number of aryl methyl sites for hydroxylation is 1. The Morgan fingerprint density at radius 1 is 0.923 bits per heavy atom. The second kappa shape index (κ2) is 8.06. The first-order valence-corrected chi connectivity index (χ1v) is 4.87. The summed E-state index contributed by atoms with van der Waals surface area (Å²) in [6.07, 6.45) is 9.62. The zero-order chi connectivity index (χ0) is 8.65. The Bertz CT molecular complexity index is 199. The van der Waals surface area contributed by atoms with Crippen molar-refractivity contribution in [1.29, 1.82) is 0 Å². The van der Waals surface area contributed by atoms with Crippen molar-refractivity contribution < 1.29 is 4.57 Å². The lowest BCUT2D eigenvalue weighted by atomic mass is 10.2. The fraction of sp³-hybridized carbons (Fsp3) is 0.545.